The number of amides is 2. The molecule has 3 N–H and O–H groups in total. The molecule has 0 saturated carbocycles. The Morgan fingerprint density at radius 1 is 1.22 bits per heavy atom. The number of aromatic amines is 1. The number of nitrogens with zero attached hydrogens (tertiary/aromatic N) is 4. The van der Waals surface area contributed by atoms with Gasteiger partial charge < -0.3 is 10.6 Å². The van der Waals surface area contributed by atoms with E-state index in [1.165, 1.54) is 23.1 Å². The highest BCUT2D eigenvalue weighted by Crippen LogP contribution is 2.35. The van der Waals surface area contributed by atoms with E-state index < -0.39 is 29.1 Å². The highest BCUT2D eigenvalue weighted by molar-refractivity contribution is 6.44. The van der Waals surface area contributed by atoms with E-state index in [1.807, 2.05) is 6.92 Å². The Morgan fingerprint density at radius 3 is 2.58 bits per heavy atom. The zero-order valence-electron chi connectivity index (χ0n) is 20.0. The molecule has 0 radical (unpaired) electrons. The molecule has 0 aromatic carbocycles. The first-order valence-electron chi connectivity index (χ1n) is 11.3. The van der Waals surface area contributed by atoms with Gasteiger partial charge in [-0.15, -0.1) is 23.2 Å². The van der Waals surface area contributed by atoms with Crippen LogP contribution in [0, 0.1) is 13.8 Å². The number of anilines is 1. The molecule has 3 aromatic heterocycles. The lowest BCUT2D eigenvalue weighted by Crippen LogP contribution is -2.44. The quantitative estimate of drug-likeness (QED) is 0.297. The third kappa shape index (κ3) is 6.58. The maximum absolute atomic E-state index is 13.9. The second-order valence-electron chi connectivity index (χ2n) is 8.14. The summed E-state index contributed by atoms with van der Waals surface area (Å²) in [5.41, 5.74) is 1.92. The van der Waals surface area contributed by atoms with E-state index in [4.69, 9.17) is 23.2 Å². The van der Waals surface area contributed by atoms with Gasteiger partial charge in [0, 0.05) is 41.3 Å². The standard InChI is InChI=1S/C23H27Cl2F2N7O2/c1-4-34-17(8-9-29-34)23(36)30-16(6-5-7-18(24)25)22(35)31-19-10-14(21(26)27)15(11-28-19)20-12(2)32-33-13(20)3/h8-11,16,18,21H,4-7H2,1-3H3,(H,30,36)(H,32,33)(H,28,31,35)/t16-/m0/s1. The van der Waals surface area contributed by atoms with Crippen LogP contribution in [0.3, 0.4) is 0 Å². The van der Waals surface area contributed by atoms with Gasteiger partial charge in [0.1, 0.15) is 22.4 Å². The third-order valence-corrected chi connectivity index (χ3v) is 6.04. The van der Waals surface area contributed by atoms with Gasteiger partial charge in [-0.05, 0) is 52.2 Å². The van der Waals surface area contributed by atoms with Crippen molar-refractivity contribution in [2.75, 3.05) is 5.32 Å². The van der Waals surface area contributed by atoms with E-state index in [0.29, 0.717) is 36.3 Å². The largest absolute Gasteiger partial charge is 0.339 e. The van der Waals surface area contributed by atoms with Crippen LogP contribution in [0.15, 0.2) is 24.5 Å². The summed E-state index contributed by atoms with van der Waals surface area (Å²) < 4.78 is 29.4. The van der Waals surface area contributed by atoms with Crippen molar-refractivity contribution in [3.05, 3.63) is 47.2 Å². The third-order valence-electron chi connectivity index (χ3n) is 5.61. The van der Waals surface area contributed by atoms with Gasteiger partial charge in [0.2, 0.25) is 5.91 Å². The molecule has 3 rings (SSSR count). The lowest BCUT2D eigenvalue weighted by Gasteiger charge is -2.19. The Kier molecular flexibility index (Phi) is 9.38. The Labute approximate surface area is 217 Å². The van der Waals surface area contributed by atoms with E-state index in [9.17, 15) is 18.4 Å². The van der Waals surface area contributed by atoms with Crippen LogP contribution >= 0.6 is 23.2 Å². The highest BCUT2D eigenvalue weighted by Gasteiger charge is 2.25. The number of halogens is 4. The predicted octanol–water partition coefficient (Wildman–Crippen LogP) is 4.95. The van der Waals surface area contributed by atoms with Crippen molar-refractivity contribution in [3.8, 4) is 11.1 Å². The zero-order valence-corrected chi connectivity index (χ0v) is 21.5. The molecule has 0 bridgehead atoms. The number of aromatic nitrogens is 5. The first kappa shape index (κ1) is 27.5. The molecule has 9 nitrogen and oxygen atoms in total. The van der Waals surface area contributed by atoms with Crippen molar-refractivity contribution in [2.24, 2.45) is 0 Å². The molecule has 0 aliphatic rings. The van der Waals surface area contributed by atoms with Crippen molar-refractivity contribution in [1.29, 1.82) is 0 Å². The van der Waals surface area contributed by atoms with Crippen molar-refractivity contribution < 1.29 is 18.4 Å². The first-order valence-corrected chi connectivity index (χ1v) is 12.2. The minimum Gasteiger partial charge on any atom is -0.339 e. The van der Waals surface area contributed by atoms with E-state index in [2.05, 4.69) is 30.9 Å². The van der Waals surface area contributed by atoms with Crippen LogP contribution in [0.2, 0.25) is 0 Å². The average molecular weight is 542 g/mol. The van der Waals surface area contributed by atoms with Crippen LogP contribution in [-0.2, 0) is 11.3 Å². The number of alkyl halides is 4. The summed E-state index contributed by atoms with van der Waals surface area (Å²) in [4.78, 5) is 29.4. The Hall–Kier alpha value is -3.05. The van der Waals surface area contributed by atoms with Crippen LogP contribution < -0.4 is 10.6 Å². The van der Waals surface area contributed by atoms with Gasteiger partial charge >= 0.3 is 0 Å². The molecular formula is C23H27Cl2F2N7O2. The van der Waals surface area contributed by atoms with Gasteiger partial charge in [-0.2, -0.15) is 10.2 Å². The molecular weight excluding hydrogens is 515 g/mol. The number of carbonyl (C=O) groups is 2. The molecule has 0 aliphatic heterocycles. The maximum Gasteiger partial charge on any atom is 0.270 e. The number of carbonyl (C=O) groups excluding carboxylic acids is 2. The number of pyridine rings is 1. The molecule has 0 fully saturated rings. The lowest BCUT2D eigenvalue weighted by molar-refractivity contribution is -0.118. The molecule has 0 aliphatic carbocycles. The van der Waals surface area contributed by atoms with Gasteiger partial charge in [0.15, 0.2) is 0 Å². The molecule has 3 heterocycles. The average Bonchev–Trinajstić information content (AvgIpc) is 3.44. The Balaban J connectivity index is 1.83. The van der Waals surface area contributed by atoms with Crippen LogP contribution in [0.4, 0.5) is 14.6 Å². The van der Waals surface area contributed by atoms with Gasteiger partial charge in [0.25, 0.3) is 12.3 Å². The van der Waals surface area contributed by atoms with Gasteiger partial charge in [0.05, 0.1) is 5.69 Å². The van der Waals surface area contributed by atoms with E-state index in [1.54, 1.807) is 13.8 Å². The summed E-state index contributed by atoms with van der Waals surface area (Å²) in [6.07, 6.45) is 1.02. The number of rotatable bonds is 11. The number of aryl methyl sites for hydroxylation is 3. The molecule has 36 heavy (non-hydrogen) atoms. The van der Waals surface area contributed by atoms with Crippen LogP contribution in [0.5, 0.6) is 0 Å². The summed E-state index contributed by atoms with van der Waals surface area (Å²) >= 11 is 11.6. The lowest BCUT2D eigenvalue weighted by atomic mass is 10.0. The molecule has 0 saturated heterocycles. The van der Waals surface area contributed by atoms with E-state index in [-0.39, 0.29) is 29.1 Å². The summed E-state index contributed by atoms with van der Waals surface area (Å²) in [5, 5.41) is 16.1. The number of hydrogen-bond acceptors (Lipinski definition) is 5. The number of nitrogens with one attached hydrogen (secondary N) is 3. The smallest absolute Gasteiger partial charge is 0.270 e. The van der Waals surface area contributed by atoms with Crippen LogP contribution in [0.1, 0.15) is 60.1 Å². The molecule has 0 unspecified atom stereocenters. The molecule has 194 valence electrons. The SMILES string of the molecule is CCn1nccc1C(=O)N[C@@H](CCCC(Cl)Cl)C(=O)Nc1cc(C(F)F)c(-c2c(C)n[nH]c2C)cn1. The molecule has 2 amide bonds. The minimum atomic E-state index is -2.82. The fourth-order valence-electron chi connectivity index (χ4n) is 3.84. The fourth-order valence-corrected chi connectivity index (χ4v) is 4.15. The van der Waals surface area contributed by atoms with E-state index >= 15 is 0 Å². The van der Waals surface area contributed by atoms with Crippen LogP contribution in [-0.4, -0.2) is 47.7 Å². The first-order chi connectivity index (χ1) is 17.1. The normalized spacial score (nSPS) is 12.2. The molecule has 13 heteroatoms. The Bertz CT molecular complexity index is 1190. The number of hydrogen-bond donors (Lipinski definition) is 3. The summed E-state index contributed by atoms with van der Waals surface area (Å²) in [6.45, 7) is 5.73. The fraction of sp³-hybridized carbons (Fsp3) is 0.435. The second-order valence-corrected chi connectivity index (χ2v) is 9.41. The molecule has 3 aromatic rings. The van der Waals surface area contributed by atoms with E-state index in [0.717, 1.165) is 6.07 Å². The van der Waals surface area contributed by atoms with Gasteiger partial charge in [-0.3, -0.25) is 19.4 Å². The summed E-state index contributed by atoms with van der Waals surface area (Å²) in [7, 11) is 0. The molecule has 1 atom stereocenters. The monoisotopic (exact) mass is 541 g/mol. The predicted molar refractivity (Wildman–Crippen MR) is 133 cm³/mol. The van der Waals surface area contributed by atoms with Gasteiger partial charge in [-0.25, -0.2) is 13.8 Å². The van der Waals surface area contributed by atoms with Gasteiger partial charge in [-0.1, -0.05) is 0 Å². The minimum absolute atomic E-state index is 0.0664. The summed E-state index contributed by atoms with van der Waals surface area (Å²) in [6, 6.07) is 1.68. The van der Waals surface area contributed by atoms with Crippen molar-refractivity contribution >= 4 is 40.8 Å². The highest BCUT2D eigenvalue weighted by atomic mass is 35.5. The summed E-state index contributed by atoms with van der Waals surface area (Å²) in [5.74, 6) is -1.17. The topological polar surface area (TPSA) is 118 Å². The van der Waals surface area contributed by atoms with Crippen molar-refractivity contribution in [3.63, 3.8) is 0 Å². The Morgan fingerprint density at radius 2 is 1.97 bits per heavy atom. The maximum atomic E-state index is 13.9. The number of H-pyrrole nitrogens is 1. The van der Waals surface area contributed by atoms with Crippen molar-refractivity contribution in [2.45, 2.75) is 63.9 Å². The van der Waals surface area contributed by atoms with Crippen LogP contribution in [0.25, 0.3) is 11.1 Å². The molecule has 0 spiro atoms. The zero-order chi connectivity index (χ0) is 26.4. The van der Waals surface area contributed by atoms with Crippen molar-refractivity contribution in [1.82, 2.24) is 30.3 Å². The second kappa shape index (κ2) is 12.3.